The lowest BCUT2D eigenvalue weighted by atomic mass is 9.96. The number of aryl methyl sites for hydroxylation is 1. The van der Waals surface area contributed by atoms with Crippen LogP contribution in [-0.2, 0) is 4.79 Å². The molecule has 0 saturated carbocycles. The van der Waals surface area contributed by atoms with E-state index in [1.165, 1.54) is 4.57 Å². The van der Waals surface area contributed by atoms with Crippen LogP contribution in [0.15, 0.2) is 41.3 Å². The van der Waals surface area contributed by atoms with Gasteiger partial charge in [0, 0.05) is 25.0 Å². The fraction of sp³-hybridized carbons (Fsp3) is 0.409. The number of hydrogen-bond acceptors (Lipinski definition) is 3. The molecular formula is C22H27N3O3. The van der Waals surface area contributed by atoms with E-state index in [1.54, 1.807) is 24.1 Å². The van der Waals surface area contributed by atoms with E-state index in [0.29, 0.717) is 30.9 Å². The number of rotatable bonds is 4. The van der Waals surface area contributed by atoms with Gasteiger partial charge in [0.1, 0.15) is 5.56 Å². The summed E-state index contributed by atoms with van der Waals surface area (Å²) in [4.78, 5) is 39.4. The van der Waals surface area contributed by atoms with Gasteiger partial charge in [0.25, 0.3) is 11.5 Å². The van der Waals surface area contributed by atoms with Gasteiger partial charge in [0.15, 0.2) is 0 Å². The van der Waals surface area contributed by atoms with E-state index in [0.717, 1.165) is 11.3 Å². The number of piperidine rings is 1. The molecule has 0 bridgehead atoms. The third-order valence-electron chi connectivity index (χ3n) is 5.44. The lowest BCUT2D eigenvalue weighted by Crippen LogP contribution is -2.46. The molecule has 0 radical (unpaired) electrons. The lowest BCUT2D eigenvalue weighted by Gasteiger charge is -2.31. The van der Waals surface area contributed by atoms with Crippen LogP contribution in [0, 0.1) is 12.8 Å². The Morgan fingerprint density at radius 3 is 2.64 bits per heavy atom. The zero-order chi connectivity index (χ0) is 20.4. The van der Waals surface area contributed by atoms with Crippen LogP contribution in [0.3, 0.4) is 0 Å². The fourth-order valence-corrected chi connectivity index (χ4v) is 3.68. The number of pyridine rings is 1. The second kappa shape index (κ2) is 8.00. The van der Waals surface area contributed by atoms with Crippen molar-refractivity contribution in [2.24, 2.45) is 11.7 Å². The standard InChI is InChI=1S/C22H27N3O3/c1-14(2)16-6-4-8-18(12-16)25-11-9-15(3)19(22(25)28)21(27)24-10-5-7-17(13-24)20(23)26/h4,6,8-9,11-12,14,17H,5,7,10,13H2,1-3H3,(H2,23,26). The summed E-state index contributed by atoms with van der Waals surface area (Å²) >= 11 is 0. The molecule has 1 atom stereocenters. The van der Waals surface area contributed by atoms with Crippen molar-refractivity contribution in [2.75, 3.05) is 13.1 Å². The van der Waals surface area contributed by atoms with Crippen molar-refractivity contribution >= 4 is 11.8 Å². The van der Waals surface area contributed by atoms with Crippen molar-refractivity contribution in [1.82, 2.24) is 9.47 Å². The molecule has 1 unspecified atom stereocenters. The maximum Gasteiger partial charge on any atom is 0.268 e. The van der Waals surface area contributed by atoms with Crippen LogP contribution in [-0.4, -0.2) is 34.4 Å². The Balaban J connectivity index is 2.00. The molecule has 3 rings (SSSR count). The van der Waals surface area contributed by atoms with Gasteiger partial charge in [-0.2, -0.15) is 0 Å². The summed E-state index contributed by atoms with van der Waals surface area (Å²) < 4.78 is 1.52. The number of primary amides is 1. The summed E-state index contributed by atoms with van der Waals surface area (Å²) in [5, 5.41) is 0. The van der Waals surface area contributed by atoms with Crippen LogP contribution >= 0.6 is 0 Å². The van der Waals surface area contributed by atoms with Gasteiger partial charge < -0.3 is 10.6 Å². The van der Waals surface area contributed by atoms with E-state index >= 15 is 0 Å². The largest absolute Gasteiger partial charge is 0.369 e. The first-order valence-electron chi connectivity index (χ1n) is 9.70. The van der Waals surface area contributed by atoms with Gasteiger partial charge in [0.2, 0.25) is 5.91 Å². The Labute approximate surface area is 165 Å². The minimum absolute atomic E-state index is 0.155. The molecule has 1 aromatic carbocycles. The van der Waals surface area contributed by atoms with Gasteiger partial charge in [-0.25, -0.2) is 0 Å². The molecule has 1 aliphatic rings. The van der Waals surface area contributed by atoms with Gasteiger partial charge in [-0.3, -0.25) is 19.0 Å². The molecular weight excluding hydrogens is 354 g/mol. The first kappa shape index (κ1) is 19.9. The predicted molar refractivity (Wildman–Crippen MR) is 109 cm³/mol. The summed E-state index contributed by atoms with van der Waals surface area (Å²) in [5.41, 5.74) is 7.73. The highest BCUT2D eigenvalue weighted by Crippen LogP contribution is 2.20. The average molecular weight is 381 g/mol. The number of amides is 2. The smallest absolute Gasteiger partial charge is 0.268 e. The van der Waals surface area contributed by atoms with Crippen molar-refractivity contribution in [1.29, 1.82) is 0 Å². The highest BCUT2D eigenvalue weighted by molar-refractivity contribution is 5.95. The van der Waals surface area contributed by atoms with Crippen LogP contribution in [0.1, 0.15) is 54.1 Å². The van der Waals surface area contributed by atoms with Crippen LogP contribution < -0.4 is 11.3 Å². The van der Waals surface area contributed by atoms with Gasteiger partial charge in [-0.15, -0.1) is 0 Å². The summed E-state index contributed by atoms with van der Waals surface area (Å²) in [6.07, 6.45) is 3.09. The molecule has 2 aromatic rings. The third-order valence-corrected chi connectivity index (χ3v) is 5.44. The van der Waals surface area contributed by atoms with Crippen LogP contribution in [0.2, 0.25) is 0 Å². The number of carbonyl (C=O) groups excluding carboxylic acids is 2. The first-order valence-corrected chi connectivity index (χ1v) is 9.70. The highest BCUT2D eigenvalue weighted by Gasteiger charge is 2.29. The first-order chi connectivity index (χ1) is 13.3. The van der Waals surface area contributed by atoms with Gasteiger partial charge in [0.05, 0.1) is 5.92 Å². The van der Waals surface area contributed by atoms with E-state index in [9.17, 15) is 14.4 Å². The highest BCUT2D eigenvalue weighted by atomic mass is 16.2. The number of nitrogens with two attached hydrogens (primary N) is 1. The Morgan fingerprint density at radius 2 is 1.96 bits per heavy atom. The Morgan fingerprint density at radius 1 is 1.21 bits per heavy atom. The fourth-order valence-electron chi connectivity index (χ4n) is 3.68. The van der Waals surface area contributed by atoms with E-state index in [-0.39, 0.29) is 29.5 Å². The molecule has 1 saturated heterocycles. The van der Waals surface area contributed by atoms with Gasteiger partial charge >= 0.3 is 0 Å². The SMILES string of the molecule is Cc1ccn(-c2cccc(C(C)C)c2)c(=O)c1C(=O)N1CCCC(C(N)=O)C1. The minimum atomic E-state index is -0.398. The van der Waals surface area contributed by atoms with Crippen LogP contribution in [0.25, 0.3) is 5.69 Å². The minimum Gasteiger partial charge on any atom is -0.369 e. The molecule has 148 valence electrons. The molecule has 0 spiro atoms. The zero-order valence-corrected chi connectivity index (χ0v) is 16.6. The predicted octanol–water partition coefficient (Wildman–Crippen LogP) is 2.61. The second-order valence-electron chi connectivity index (χ2n) is 7.79. The maximum atomic E-state index is 13.2. The molecule has 28 heavy (non-hydrogen) atoms. The molecule has 2 N–H and O–H groups in total. The molecule has 6 heteroatoms. The second-order valence-corrected chi connectivity index (χ2v) is 7.79. The normalized spacial score (nSPS) is 17.0. The molecule has 2 heterocycles. The number of carbonyl (C=O) groups is 2. The summed E-state index contributed by atoms with van der Waals surface area (Å²) in [6, 6.07) is 9.56. The van der Waals surface area contributed by atoms with Crippen molar-refractivity contribution in [3.8, 4) is 5.69 Å². The lowest BCUT2D eigenvalue weighted by molar-refractivity contribution is -0.123. The summed E-state index contributed by atoms with van der Waals surface area (Å²) in [6.45, 7) is 6.75. The summed E-state index contributed by atoms with van der Waals surface area (Å²) in [5.74, 6) is -0.749. The van der Waals surface area contributed by atoms with Crippen LogP contribution in [0.4, 0.5) is 0 Å². The maximum absolute atomic E-state index is 13.2. The molecule has 1 fully saturated rings. The Kier molecular flexibility index (Phi) is 5.68. The molecule has 1 aliphatic heterocycles. The molecule has 2 amide bonds. The number of nitrogens with zero attached hydrogens (tertiary/aromatic N) is 2. The van der Waals surface area contributed by atoms with Crippen molar-refractivity contribution in [2.45, 2.75) is 39.5 Å². The van der Waals surface area contributed by atoms with E-state index in [4.69, 9.17) is 5.73 Å². The number of likely N-dealkylation sites (tertiary alicyclic amines) is 1. The quantitative estimate of drug-likeness (QED) is 0.883. The number of aromatic nitrogens is 1. The Bertz CT molecular complexity index is 962. The zero-order valence-electron chi connectivity index (χ0n) is 16.6. The van der Waals surface area contributed by atoms with Crippen molar-refractivity contribution in [3.63, 3.8) is 0 Å². The number of hydrogen-bond donors (Lipinski definition) is 1. The van der Waals surface area contributed by atoms with E-state index < -0.39 is 5.91 Å². The van der Waals surface area contributed by atoms with E-state index in [2.05, 4.69) is 13.8 Å². The van der Waals surface area contributed by atoms with Gasteiger partial charge in [-0.05, 0) is 55.0 Å². The Hall–Kier alpha value is -2.89. The van der Waals surface area contributed by atoms with E-state index in [1.807, 2.05) is 24.3 Å². The van der Waals surface area contributed by atoms with Crippen molar-refractivity contribution in [3.05, 3.63) is 63.6 Å². The van der Waals surface area contributed by atoms with Crippen LogP contribution in [0.5, 0.6) is 0 Å². The monoisotopic (exact) mass is 381 g/mol. The average Bonchev–Trinajstić information content (AvgIpc) is 2.68. The van der Waals surface area contributed by atoms with Gasteiger partial charge in [-0.1, -0.05) is 26.0 Å². The topological polar surface area (TPSA) is 85.4 Å². The molecule has 6 nitrogen and oxygen atoms in total. The molecule has 0 aliphatic carbocycles. The molecule has 1 aromatic heterocycles. The third kappa shape index (κ3) is 3.86. The van der Waals surface area contributed by atoms with Crippen molar-refractivity contribution < 1.29 is 9.59 Å². The summed E-state index contributed by atoms with van der Waals surface area (Å²) in [7, 11) is 0. The number of benzene rings is 1.